The lowest BCUT2D eigenvalue weighted by molar-refractivity contribution is -0.177. The summed E-state index contributed by atoms with van der Waals surface area (Å²) in [6.07, 6.45) is 0. The Hall–Kier alpha value is -1.92. The first-order valence-electron chi connectivity index (χ1n) is 6.82. The minimum atomic E-state index is -0.942. The fourth-order valence-electron chi connectivity index (χ4n) is 1.76. The standard InChI is InChI=1S/C15H21NO5/c1-4-20-11-13(15(18)21-5-2)16(19-3)14(17)12-9-7-6-8-10-12/h6-10,13H,4-5,11H2,1-3H3. The van der Waals surface area contributed by atoms with Crippen molar-refractivity contribution in [2.24, 2.45) is 0 Å². The van der Waals surface area contributed by atoms with E-state index in [4.69, 9.17) is 14.3 Å². The minimum absolute atomic E-state index is 0.0156. The highest BCUT2D eigenvalue weighted by Gasteiger charge is 2.32. The first-order chi connectivity index (χ1) is 10.2. The molecule has 1 amide bonds. The molecule has 1 aromatic carbocycles. The Kier molecular flexibility index (Phi) is 7.42. The van der Waals surface area contributed by atoms with Crippen molar-refractivity contribution in [1.29, 1.82) is 0 Å². The van der Waals surface area contributed by atoms with Gasteiger partial charge in [-0.05, 0) is 26.0 Å². The van der Waals surface area contributed by atoms with Crippen LogP contribution in [0.2, 0.25) is 0 Å². The zero-order chi connectivity index (χ0) is 15.7. The lowest BCUT2D eigenvalue weighted by Crippen LogP contribution is -2.48. The summed E-state index contributed by atoms with van der Waals surface area (Å²) in [5, 5.41) is 0.989. The van der Waals surface area contributed by atoms with Crippen LogP contribution in [0.3, 0.4) is 0 Å². The molecule has 116 valence electrons. The Morgan fingerprint density at radius 2 is 1.81 bits per heavy atom. The molecule has 0 aliphatic heterocycles. The average Bonchev–Trinajstić information content (AvgIpc) is 2.52. The average molecular weight is 295 g/mol. The number of carbonyl (C=O) groups is 2. The first-order valence-corrected chi connectivity index (χ1v) is 6.82. The van der Waals surface area contributed by atoms with Crippen LogP contribution < -0.4 is 0 Å². The molecule has 1 rings (SSSR count). The quantitative estimate of drug-likeness (QED) is 0.539. The second-order valence-corrected chi connectivity index (χ2v) is 4.11. The zero-order valence-electron chi connectivity index (χ0n) is 12.6. The molecule has 0 spiro atoms. The number of amides is 1. The van der Waals surface area contributed by atoms with Crippen molar-refractivity contribution < 1.29 is 23.9 Å². The van der Waals surface area contributed by atoms with Crippen molar-refractivity contribution in [2.45, 2.75) is 19.9 Å². The molecular formula is C15H21NO5. The van der Waals surface area contributed by atoms with Crippen LogP contribution in [0, 0.1) is 0 Å². The van der Waals surface area contributed by atoms with Crippen LogP contribution in [0.25, 0.3) is 0 Å². The van der Waals surface area contributed by atoms with E-state index < -0.39 is 17.9 Å². The minimum Gasteiger partial charge on any atom is -0.464 e. The van der Waals surface area contributed by atoms with Gasteiger partial charge < -0.3 is 9.47 Å². The van der Waals surface area contributed by atoms with Gasteiger partial charge in [-0.1, -0.05) is 18.2 Å². The molecular weight excluding hydrogens is 274 g/mol. The summed E-state index contributed by atoms with van der Waals surface area (Å²) in [6.45, 7) is 4.16. The molecule has 0 saturated heterocycles. The Morgan fingerprint density at radius 1 is 1.14 bits per heavy atom. The topological polar surface area (TPSA) is 65.1 Å². The van der Waals surface area contributed by atoms with Gasteiger partial charge in [-0.3, -0.25) is 9.63 Å². The summed E-state index contributed by atoms with van der Waals surface area (Å²) < 4.78 is 10.2. The fourth-order valence-corrected chi connectivity index (χ4v) is 1.76. The highest BCUT2D eigenvalue weighted by atomic mass is 16.7. The maximum absolute atomic E-state index is 12.4. The predicted octanol–water partition coefficient (Wildman–Crippen LogP) is 1.66. The van der Waals surface area contributed by atoms with Crippen LogP contribution in [0.5, 0.6) is 0 Å². The van der Waals surface area contributed by atoms with E-state index in [1.165, 1.54) is 7.11 Å². The number of carbonyl (C=O) groups excluding carboxylic acids is 2. The number of hydrogen-bond acceptors (Lipinski definition) is 5. The van der Waals surface area contributed by atoms with E-state index in [0.29, 0.717) is 12.2 Å². The largest absolute Gasteiger partial charge is 0.464 e. The van der Waals surface area contributed by atoms with Crippen LogP contribution in [-0.4, -0.2) is 49.9 Å². The smallest absolute Gasteiger partial charge is 0.333 e. The molecule has 1 aromatic rings. The molecule has 0 saturated carbocycles. The monoisotopic (exact) mass is 295 g/mol. The number of benzene rings is 1. The van der Waals surface area contributed by atoms with E-state index in [0.717, 1.165) is 5.06 Å². The van der Waals surface area contributed by atoms with Gasteiger partial charge in [-0.2, -0.15) is 0 Å². The first kappa shape index (κ1) is 17.1. The van der Waals surface area contributed by atoms with Crippen LogP contribution in [0.1, 0.15) is 24.2 Å². The van der Waals surface area contributed by atoms with E-state index in [2.05, 4.69) is 0 Å². The molecule has 6 nitrogen and oxygen atoms in total. The third-order valence-corrected chi connectivity index (χ3v) is 2.74. The molecule has 6 heteroatoms. The molecule has 0 heterocycles. The number of rotatable bonds is 8. The van der Waals surface area contributed by atoms with Crippen LogP contribution in [-0.2, 0) is 19.1 Å². The molecule has 1 unspecified atom stereocenters. The number of hydrogen-bond donors (Lipinski definition) is 0. The number of hydroxylamine groups is 2. The molecule has 0 bridgehead atoms. The van der Waals surface area contributed by atoms with Gasteiger partial charge in [0.05, 0.1) is 20.3 Å². The maximum Gasteiger partial charge on any atom is 0.333 e. The molecule has 0 radical (unpaired) electrons. The lowest BCUT2D eigenvalue weighted by atomic mass is 10.2. The zero-order valence-corrected chi connectivity index (χ0v) is 12.6. The predicted molar refractivity (Wildman–Crippen MR) is 76.5 cm³/mol. The second kappa shape index (κ2) is 9.10. The van der Waals surface area contributed by atoms with Gasteiger partial charge in [-0.25, -0.2) is 9.86 Å². The van der Waals surface area contributed by atoms with Gasteiger partial charge in [0, 0.05) is 12.2 Å². The Balaban J connectivity index is 2.94. The van der Waals surface area contributed by atoms with Crippen LogP contribution >= 0.6 is 0 Å². The SMILES string of the molecule is CCOCC(C(=O)OCC)N(OC)C(=O)c1ccccc1. The summed E-state index contributed by atoms with van der Waals surface area (Å²) in [7, 11) is 1.33. The fraction of sp³-hybridized carbons (Fsp3) is 0.467. The normalized spacial score (nSPS) is 11.8. The third kappa shape index (κ3) is 4.84. The maximum atomic E-state index is 12.4. The molecule has 0 N–H and O–H groups in total. The van der Waals surface area contributed by atoms with Gasteiger partial charge in [0.15, 0.2) is 6.04 Å². The summed E-state index contributed by atoms with van der Waals surface area (Å²) >= 11 is 0. The lowest BCUT2D eigenvalue weighted by Gasteiger charge is -2.27. The number of ether oxygens (including phenoxy) is 2. The van der Waals surface area contributed by atoms with Crippen molar-refractivity contribution in [3.63, 3.8) is 0 Å². The van der Waals surface area contributed by atoms with E-state index in [-0.39, 0.29) is 13.2 Å². The van der Waals surface area contributed by atoms with Crippen molar-refractivity contribution >= 4 is 11.9 Å². The molecule has 0 fully saturated rings. The Labute approximate surface area is 124 Å². The number of nitrogens with zero attached hydrogens (tertiary/aromatic N) is 1. The van der Waals surface area contributed by atoms with Crippen molar-refractivity contribution in [3.8, 4) is 0 Å². The Bertz CT molecular complexity index is 449. The van der Waals surface area contributed by atoms with Crippen molar-refractivity contribution in [1.82, 2.24) is 5.06 Å². The van der Waals surface area contributed by atoms with Gasteiger partial charge >= 0.3 is 5.97 Å². The highest BCUT2D eigenvalue weighted by molar-refractivity contribution is 5.96. The van der Waals surface area contributed by atoms with Crippen molar-refractivity contribution in [3.05, 3.63) is 35.9 Å². The van der Waals surface area contributed by atoms with Crippen molar-refractivity contribution in [2.75, 3.05) is 26.9 Å². The Morgan fingerprint density at radius 3 is 2.33 bits per heavy atom. The number of esters is 1. The van der Waals surface area contributed by atoms with Crippen LogP contribution in [0.15, 0.2) is 30.3 Å². The van der Waals surface area contributed by atoms with Gasteiger partial charge in [0.25, 0.3) is 5.91 Å². The third-order valence-electron chi connectivity index (χ3n) is 2.74. The second-order valence-electron chi connectivity index (χ2n) is 4.11. The van der Waals surface area contributed by atoms with E-state index in [1.54, 1.807) is 44.2 Å². The van der Waals surface area contributed by atoms with E-state index in [1.807, 2.05) is 0 Å². The van der Waals surface area contributed by atoms with E-state index >= 15 is 0 Å². The van der Waals surface area contributed by atoms with Gasteiger partial charge in [0.2, 0.25) is 0 Å². The highest BCUT2D eigenvalue weighted by Crippen LogP contribution is 2.11. The summed E-state index contributed by atoms with van der Waals surface area (Å²) in [5.41, 5.74) is 0.421. The molecule has 1 atom stereocenters. The summed E-state index contributed by atoms with van der Waals surface area (Å²) in [6, 6.07) is 7.64. The van der Waals surface area contributed by atoms with E-state index in [9.17, 15) is 9.59 Å². The molecule has 0 aliphatic carbocycles. The molecule has 0 aromatic heterocycles. The summed E-state index contributed by atoms with van der Waals surface area (Å²) in [4.78, 5) is 29.5. The molecule has 0 aliphatic rings. The van der Waals surface area contributed by atoms with Crippen LogP contribution in [0.4, 0.5) is 0 Å². The summed E-state index contributed by atoms with van der Waals surface area (Å²) in [5.74, 6) is -0.979. The van der Waals surface area contributed by atoms with Gasteiger partial charge in [0.1, 0.15) is 0 Å². The van der Waals surface area contributed by atoms with Gasteiger partial charge in [-0.15, -0.1) is 0 Å². The molecule has 21 heavy (non-hydrogen) atoms.